The first-order valence-corrected chi connectivity index (χ1v) is 16.2. The molecule has 0 atom stereocenters. The quantitative estimate of drug-likeness (QED) is 0.137. The van der Waals surface area contributed by atoms with Gasteiger partial charge < -0.3 is 30.7 Å². The van der Waals surface area contributed by atoms with Crippen LogP contribution in [-0.4, -0.2) is 36.8 Å². The summed E-state index contributed by atoms with van der Waals surface area (Å²) >= 11 is 0. The number of ether oxygens (including phenoxy) is 2. The Balaban J connectivity index is 0.000000271. The molecule has 10 heteroatoms. The number of benzene rings is 4. The average Bonchev–Trinajstić information content (AvgIpc) is 3.06. The molecule has 0 spiro atoms. The number of rotatable bonds is 9. The summed E-state index contributed by atoms with van der Waals surface area (Å²) in [6.45, 7) is 14.9. The van der Waals surface area contributed by atoms with Crippen molar-refractivity contribution in [3.8, 4) is 11.5 Å². The van der Waals surface area contributed by atoms with Crippen molar-refractivity contribution in [3.05, 3.63) is 108 Å². The molecule has 0 bridgehead atoms. The molecule has 0 aromatic heterocycles. The highest BCUT2D eigenvalue weighted by Gasteiger charge is 2.20. The molecule has 4 aromatic carbocycles. The van der Waals surface area contributed by atoms with Crippen LogP contribution in [0.4, 0.5) is 22.7 Å². The maximum atomic E-state index is 12.4. The Bertz CT molecular complexity index is 1760. The van der Waals surface area contributed by atoms with Gasteiger partial charge in [0.25, 0.3) is 0 Å². The van der Waals surface area contributed by atoms with Crippen LogP contribution < -0.4 is 30.7 Å². The smallest absolute Gasteiger partial charge is 0.314 e. The Morgan fingerprint density at radius 1 is 0.571 bits per heavy atom. The molecule has 0 aliphatic carbocycles. The van der Waals surface area contributed by atoms with Gasteiger partial charge in [0, 0.05) is 11.4 Å². The van der Waals surface area contributed by atoms with E-state index >= 15 is 0 Å². The van der Waals surface area contributed by atoms with Crippen molar-refractivity contribution in [2.45, 2.75) is 60.3 Å². The Hall–Kier alpha value is -5.64. The van der Waals surface area contributed by atoms with Crippen LogP contribution in [0, 0.1) is 6.92 Å². The Morgan fingerprint density at radius 3 is 1.67 bits per heavy atom. The van der Waals surface area contributed by atoms with E-state index in [9.17, 15) is 19.2 Å². The fraction of sp³-hybridized carbons (Fsp3) is 0.282. The van der Waals surface area contributed by atoms with Gasteiger partial charge in [-0.25, -0.2) is 0 Å². The van der Waals surface area contributed by atoms with Gasteiger partial charge >= 0.3 is 23.6 Å². The molecule has 4 aromatic rings. The molecule has 0 unspecified atom stereocenters. The van der Waals surface area contributed by atoms with E-state index in [1.165, 1.54) is 0 Å². The van der Waals surface area contributed by atoms with E-state index in [1.807, 2.05) is 76.2 Å². The predicted octanol–water partition coefficient (Wildman–Crippen LogP) is 7.49. The largest absolute Gasteiger partial charge is 0.492 e. The van der Waals surface area contributed by atoms with E-state index in [0.29, 0.717) is 47.5 Å². The molecule has 258 valence electrons. The number of anilines is 4. The van der Waals surface area contributed by atoms with Crippen LogP contribution in [-0.2, 0) is 31.0 Å². The van der Waals surface area contributed by atoms with Crippen molar-refractivity contribution < 1.29 is 28.7 Å². The van der Waals surface area contributed by atoms with Gasteiger partial charge in [0.05, 0.1) is 24.6 Å². The van der Waals surface area contributed by atoms with Crippen molar-refractivity contribution in [2.24, 2.45) is 0 Å². The molecular weight excluding hydrogens is 620 g/mol. The minimum Gasteiger partial charge on any atom is -0.492 e. The second-order valence-electron chi connectivity index (χ2n) is 12.1. The van der Waals surface area contributed by atoms with Crippen molar-refractivity contribution in [1.29, 1.82) is 0 Å². The molecule has 49 heavy (non-hydrogen) atoms. The van der Waals surface area contributed by atoms with E-state index in [1.54, 1.807) is 42.5 Å². The maximum absolute atomic E-state index is 12.4. The number of para-hydroxylation sites is 2. The van der Waals surface area contributed by atoms with Crippen LogP contribution in [0.15, 0.2) is 91.0 Å². The lowest BCUT2D eigenvalue weighted by atomic mass is 9.87. The highest BCUT2D eigenvalue weighted by Crippen LogP contribution is 2.32. The summed E-state index contributed by atoms with van der Waals surface area (Å²) in [4.78, 5) is 48.6. The zero-order valence-corrected chi connectivity index (χ0v) is 29.2. The molecule has 0 heterocycles. The molecule has 0 saturated heterocycles. The number of nitrogens with one attached hydrogen (secondary N) is 4. The highest BCUT2D eigenvalue weighted by molar-refractivity contribution is 6.44. The Kier molecular flexibility index (Phi) is 13.9. The molecule has 0 radical (unpaired) electrons. The second-order valence-corrected chi connectivity index (χ2v) is 12.1. The van der Waals surface area contributed by atoms with Gasteiger partial charge in [-0.3, -0.25) is 19.2 Å². The average molecular weight is 667 g/mol. The normalized spacial score (nSPS) is 10.5. The number of amides is 4. The van der Waals surface area contributed by atoms with Gasteiger partial charge in [-0.2, -0.15) is 0 Å². The van der Waals surface area contributed by atoms with Gasteiger partial charge in [0.2, 0.25) is 0 Å². The van der Waals surface area contributed by atoms with Gasteiger partial charge in [0.1, 0.15) is 11.5 Å². The van der Waals surface area contributed by atoms with E-state index < -0.39 is 23.6 Å². The third kappa shape index (κ3) is 11.8. The van der Waals surface area contributed by atoms with Crippen LogP contribution >= 0.6 is 0 Å². The maximum Gasteiger partial charge on any atom is 0.314 e. The summed E-state index contributed by atoms with van der Waals surface area (Å²) in [6.07, 6.45) is 0.854. The Morgan fingerprint density at radius 2 is 1.10 bits per heavy atom. The standard InChI is InChI=1S/C22H28N2O3.C17H18N2O3/c1-6-15-9-8-10-17(13-15)23-20(25)21(26)24-18-14-16(22(3,4)5)11-12-19(18)27-7-2;1-3-22-15-10-5-4-9-14(15)19-17(21)16(20)18-13-8-6-7-12(2)11-13/h8-14H,6-7H2,1-5H3,(H,23,25)(H,24,26);4-11H,3H2,1-2H3,(H,18,20)(H,19,21). The first-order chi connectivity index (χ1) is 23.3. The third-order valence-electron chi connectivity index (χ3n) is 7.11. The Labute approximate surface area is 288 Å². The lowest BCUT2D eigenvalue weighted by molar-refractivity contribution is -0.133. The first kappa shape index (κ1) is 37.8. The lowest BCUT2D eigenvalue weighted by Crippen LogP contribution is -2.29. The topological polar surface area (TPSA) is 135 Å². The van der Waals surface area contributed by atoms with E-state index in [2.05, 4.69) is 42.0 Å². The van der Waals surface area contributed by atoms with Crippen molar-refractivity contribution in [3.63, 3.8) is 0 Å². The molecule has 4 N–H and O–H groups in total. The summed E-state index contributed by atoms with van der Waals surface area (Å²) in [6, 6.07) is 27.3. The summed E-state index contributed by atoms with van der Waals surface area (Å²) in [5.41, 5.74) is 5.18. The number of hydrogen-bond donors (Lipinski definition) is 4. The summed E-state index contributed by atoms with van der Waals surface area (Å²) in [5, 5.41) is 10.4. The van der Waals surface area contributed by atoms with Gasteiger partial charge in [-0.15, -0.1) is 0 Å². The number of carbonyl (C=O) groups is 4. The summed E-state index contributed by atoms with van der Waals surface area (Å²) < 4.78 is 11.0. The van der Waals surface area contributed by atoms with Crippen molar-refractivity contribution in [2.75, 3.05) is 34.5 Å². The van der Waals surface area contributed by atoms with Crippen LogP contribution in [0.3, 0.4) is 0 Å². The monoisotopic (exact) mass is 666 g/mol. The van der Waals surface area contributed by atoms with E-state index in [4.69, 9.17) is 9.47 Å². The summed E-state index contributed by atoms with van der Waals surface area (Å²) in [5.74, 6) is -1.84. The fourth-order valence-corrected chi connectivity index (χ4v) is 4.55. The molecule has 0 aliphatic rings. The second kappa shape index (κ2) is 18.1. The predicted molar refractivity (Wildman–Crippen MR) is 195 cm³/mol. The minimum atomic E-state index is -0.742. The van der Waals surface area contributed by atoms with Gasteiger partial charge in [-0.05, 0) is 97.8 Å². The van der Waals surface area contributed by atoms with Crippen LogP contribution in [0.2, 0.25) is 0 Å². The molecule has 0 fully saturated rings. The van der Waals surface area contributed by atoms with Crippen molar-refractivity contribution in [1.82, 2.24) is 0 Å². The lowest BCUT2D eigenvalue weighted by Gasteiger charge is -2.21. The molecule has 0 aliphatic heterocycles. The van der Waals surface area contributed by atoms with Crippen molar-refractivity contribution >= 4 is 46.4 Å². The zero-order valence-electron chi connectivity index (χ0n) is 29.2. The van der Waals surface area contributed by atoms with E-state index in [-0.39, 0.29) is 5.41 Å². The number of hydrogen-bond acceptors (Lipinski definition) is 6. The molecule has 4 amide bonds. The third-order valence-corrected chi connectivity index (χ3v) is 7.11. The fourth-order valence-electron chi connectivity index (χ4n) is 4.55. The zero-order chi connectivity index (χ0) is 36.0. The SMILES string of the molecule is CCOc1ccc(C(C)(C)C)cc1NC(=O)C(=O)Nc1cccc(CC)c1.CCOc1ccccc1NC(=O)C(=O)Nc1cccc(C)c1. The molecule has 0 saturated carbocycles. The molecule has 10 nitrogen and oxygen atoms in total. The van der Waals surface area contributed by atoms with Crippen LogP contribution in [0.25, 0.3) is 0 Å². The molecular formula is C39H46N4O6. The van der Waals surface area contributed by atoms with Crippen LogP contribution in [0.1, 0.15) is 58.2 Å². The van der Waals surface area contributed by atoms with E-state index in [0.717, 1.165) is 23.1 Å². The highest BCUT2D eigenvalue weighted by atomic mass is 16.5. The molecule has 4 rings (SSSR count). The van der Waals surface area contributed by atoms with Gasteiger partial charge in [-0.1, -0.05) is 70.2 Å². The number of carbonyl (C=O) groups excluding carboxylic acids is 4. The number of aryl methyl sites for hydroxylation is 2. The minimum absolute atomic E-state index is 0.0902. The van der Waals surface area contributed by atoms with Gasteiger partial charge in [0.15, 0.2) is 0 Å². The summed E-state index contributed by atoms with van der Waals surface area (Å²) in [7, 11) is 0. The first-order valence-electron chi connectivity index (χ1n) is 16.2. The van der Waals surface area contributed by atoms with Crippen LogP contribution in [0.5, 0.6) is 11.5 Å².